The Labute approximate surface area is 216 Å². The fraction of sp³-hybridized carbons (Fsp3) is 0.417. The van der Waals surface area contributed by atoms with Crippen molar-refractivity contribution in [1.82, 2.24) is 9.21 Å². The Hall–Kier alpha value is -2.70. The van der Waals surface area contributed by atoms with Crippen LogP contribution < -0.4 is 9.64 Å². The minimum atomic E-state index is -3.49. The molecule has 3 rings (SSSR count). The molecular formula is C24H30ClN3O7S. The highest BCUT2D eigenvalue weighted by Crippen LogP contribution is 2.30. The Bertz CT molecular complexity index is 1190. The molecular weight excluding hydrogens is 510 g/mol. The van der Waals surface area contributed by atoms with Gasteiger partial charge in [0.25, 0.3) is 5.91 Å². The van der Waals surface area contributed by atoms with Crippen molar-refractivity contribution in [3.05, 3.63) is 58.6 Å². The van der Waals surface area contributed by atoms with Crippen molar-refractivity contribution in [1.29, 1.82) is 0 Å². The third kappa shape index (κ3) is 6.95. The number of carbonyl (C=O) groups is 2. The lowest BCUT2D eigenvalue weighted by atomic mass is 10.1. The van der Waals surface area contributed by atoms with Gasteiger partial charge < -0.3 is 19.5 Å². The monoisotopic (exact) mass is 539 g/mol. The number of sulfonamides is 1. The number of anilines is 1. The van der Waals surface area contributed by atoms with Gasteiger partial charge in [0.05, 0.1) is 30.1 Å². The quantitative estimate of drug-likeness (QED) is 0.461. The second-order valence-electron chi connectivity index (χ2n) is 8.20. The number of fused-ring (bicyclic) bond motifs is 1. The van der Waals surface area contributed by atoms with E-state index < -0.39 is 15.9 Å². The normalized spacial score (nSPS) is 14.1. The molecule has 0 atom stereocenters. The minimum absolute atomic E-state index is 0.0929. The van der Waals surface area contributed by atoms with Crippen LogP contribution in [-0.4, -0.2) is 93.9 Å². The highest BCUT2D eigenvalue weighted by atomic mass is 35.5. The number of rotatable bonds is 11. The molecule has 0 fully saturated rings. The van der Waals surface area contributed by atoms with E-state index in [2.05, 4.69) is 0 Å². The average Bonchev–Trinajstić information content (AvgIpc) is 2.98. The molecule has 0 spiro atoms. The second kappa shape index (κ2) is 12.5. The average molecular weight is 540 g/mol. The van der Waals surface area contributed by atoms with Gasteiger partial charge in [-0.1, -0.05) is 29.8 Å². The second-order valence-corrected chi connectivity index (χ2v) is 10.6. The standard InChI is InChI=1S/C24H30ClN3O7S/c1-34-13-11-27(36(2,32)33)10-9-26-16-18-5-3-4-6-22(18)28(17-23(26)30)24(31)20-8-7-19(15-21(20)25)35-14-12-29/h3-8,15,29H,9-14,16-17H2,1-2H3. The molecule has 2 aromatic carbocycles. The van der Waals surface area contributed by atoms with Gasteiger partial charge >= 0.3 is 0 Å². The summed E-state index contributed by atoms with van der Waals surface area (Å²) >= 11 is 6.37. The molecule has 0 aliphatic carbocycles. The Morgan fingerprint density at radius 2 is 1.89 bits per heavy atom. The van der Waals surface area contributed by atoms with Crippen LogP contribution in [-0.2, 0) is 26.1 Å². The van der Waals surface area contributed by atoms with Crippen molar-refractivity contribution in [3.8, 4) is 5.75 Å². The van der Waals surface area contributed by atoms with Crippen LogP contribution in [0.25, 0.3) is 0 Å². The summed E-state index contributed by atoms with van der Waals surface area (Å²) in [6.45, 7) is 0.598. The molecule has 1 N–H and O–H groups in total. The summed E-state index contributed by atoms with van der Waals surface area (Å²) in [7, 11) is -2.00. The SMILES string of the molecule is COCCN(CCN1Cc2ccccc2N(C(=O)c2ccc(OCCO)cc2Cl)CC1=O)S(C)(=O)=O. The summed E-state index contributed by atoms with van der Waals surface area (Å²) in [5.74, 6) is -0.360. The lowest BCUT2D eigenvalue weighted by Crippen LogP contribution is -2.44. The number of benzene rings is 2. The number of aliphatic hydroxyl groups excluding tert-OH is 1. The lowest BCUT2D eigenvalue weighted by Gasteiger charge is -2.26. The van der Waals surface area contributed by atoms with E-state index in [-0.39, 0.29) is 69.0 Å². The van der Waals surface area contributed by atoms with Crippen molar-refractivity contribution in [2.24, 2.45) is 0 Å². The zero-order chi connectivity index (χ0) is 26.3. The van der Waals surface area contributed by atoms with Crippen LogP contribution in [0.5, 0.6) is 5.75 Å². The molecule has 12 heteroatoms. The first-order chi connectivity index (χ1) is 17.2. The highest BCUT2D eigenvalue weighted by Gasteiger charge is 2.31. The Kier molecular flexibility index (Phi) is 9.69. The zero-order valence-electron chi connectivity index (χ0n) is 20.2. The number of methoxy groups -OCH3 is 1. The molecule has 0 bridgehead atoms. The molecule has 0 aromatic heterocycles. The number of ether oxygens (including phenoxy) is 2. The summed E-state index contributed by atoms with van der Waals surface area (Å²) in [6.07, 6.45) is 1.12. The van der Waals surface area contributed by atoms with E-state index in [4.69, 9.17) is 26.2 Å². The maximum Gasteiger partial charge on any atom is 0.260 e. The molecule has 0 radical (unpaired) electrons. The first-order valence-electron chi connectivity index (χ1n) is 11.3. The predicted molar refractivity (Wildman–Crippen MR) is 136 cm³/mol. The van der Waals surface area contributed by atoms with E-state index in [1.165, 1.54) is 28.4 Å². The Morgan fingerprint density at radius 3 is 2.56 bits per heavy atom. The van der Waals surface area contributed by atoms with Crippen molar-refractivity contribution in [2.45, 2.75) is 6.54 Å². The van der Waals surface area contributed by atoms with Crippen LogP contribution >= 0.6 is 11.6 Å². The van der Waals surface area contributed by atoms with E-state index in [1.807, 2.05) is 12.1 Å². The highest BCUT2D eigenvalue weighted by molar-refractivity contribution is 7.88. The van der Waals surface area contributed by atoms with Crippen molar-refractivity contribution in [3.63, 3.8) is 0 Å². The van der Waals surface area contributed by atoms with Crippen molar-refractivity contribution < 1.29 is 32.6 Å². The van der Waals surface area contributed by atoms with Gasteiger partial charge in [0.2, 0.25) is 15.9 Å². The third-order valence-corrected chi connectivity index (χ3v) is 7.31. The number of para-hydroxylation sites is 1. The molecule has 0 saturated carbocycles. The van der Waals surface area contributed by atoms with Crippen LogP contribution in [0.15, 0.2) is 42.5 Å². The molecule has 196 valence electrons. The molecule has 2 aromatic rings. The van der Waals surface area contributed by atoms with E-state index in [9.17, 15) is 18.0 Å². The van der Waals surface area contributed by atoms with Gasteiger partial charge in [0.1, 0.15) is 18.9 Å². The summed E-state index contributed by atoms with van der Waals surface area (Å²) in [6, 6.07) is 11.8. The number of aliphatic hydroxyl groups is 1. The van der Waals surface area contributed by atoms with Gasteiger partial charge in [-0.05, 0) is 29.8 Å². The smallest absolute Gasteiger partial charge is 0.260 e. The molecule has 0 unspecified atom stereocenters. The van der Waals surface area contributed by atoms with E-state index in [0.717, 1.165) is 11.8 Å². The third-order valence-electron chi connectivity index (χ3n) is 5.70. The summed E-state index contributed by atoms with van der Waals surface area (Å²) in [4.78, 5) is 29.7. The zero-order valence-corrected chi connectivity index (χ0v) is 21.8. The number of nitrogens with zero attached hydrogens (tertiary/aromatic N) is 3. The van der Waals surface area contributed by atoms with Gasteiger partial charge in [-0.2, -0.15) is 4.31 Å². The van der Waals surface area contributed by atoms with Crippen LogP contribution in [0, 0.1) is 0 Å². The van der Waals surface area contributed by atoms with Gasteiger partial charge in [-0.3, -0.25) is 14.5 Å². The number of halogens is 1. The lowest BCUT2D eigenvalue weighted by molar-refractivity contribution is -0.130. The first kappa shape index (κ1) is 27.9. The Morgan fingerprint density at radius 1 is 1.14 bits per heavy atom. The summed E-state index contributed by atoms with van der Waals surface area (Å²) < 4.78 is 35.9. The minimum Gasteiger partial charge on any atom is -0.491 e. The van der Waals surface area contributed by atoms with Crippen molar-refractivity contribution in [2.75, 3.05) is 64.3 Å². The summed E-state index contributed by atoms with van der Waals surface area (Å²) in [5.41, 5.74) is 1.53. The van der Waals surface area contributed by atoms with Gasteiger partial charge in [-0.25, -0.2) is 8.42 Å². The summed E-state index contributed by atoms with van der Waals surface area (Å²) in [5, 5.41) is 9.09. The van der Waals surface area contributed by atoms with Gasteiger partial charge in [0, 0.05) is 39.0 Å². The molecule has 1 heterocycles. The molecule has 0 saturated heterocycles. The Balaban J connectivity index is 1.84. The number of hydrogen-bond donors (Lipinski definition) is 1. The number of hydrogen-bond acceptors (Lipinski definition) is 7. The molecule has 1 aliphatic heterocycles. The first-order valence-corrected chi connectivity index (χ1v) is 13.5. The number of carbonyl (C=O) groups excluding carboxylic acids is 2. The maximum atomic E-state index is 13.5. The molecule has 2 amide bonds. The largest absolute Gasteiger partial charge is 0.491 e. The fourth-order valence-corrected chi connectivity index (χ4v) is 4.91. The van der Waals surface area contributed by atoms with Crippen LogP contribution in [0.3, 0.4) is 0 Å². The predicted octanol–water partition coefficient (Wildman–Crippen LogP) is 1.61. The van der Waals surface area contributed by atoms with E-state index >= 15 is 0 Å². The van der Waals surface area contributed by atoms with Crippen LogP contribution in [0.1, 0.15) is 15.9 Å². The topological polar surface area (TPSA) is 117 Å². The van der Waals surface area contributed by atoms with E-state index in [1.54, 1.807) is 23.1 Å². The van der Waals surface area contributed by atoms with Gasteiger partial charge in [-0.15, -0.1) is 0 Å². The molecule has 1 aliphatic rings. The molecule has 36 heavy (non-hydrogen) atoms. The maximum absolute atomic E-state index is 13.5. The van der Waals surface area contributed by atoms with Gasteiger partial charge in [0.15, 0.2) is 0 Å². The van der Waals surface area contributed by atoms with Crippen LogP contribution in [0.4, 0.5) is 5.69 Å². The van der Waals surface area contributed by atoms with Crippen molar-refractivity contribution >= 4 is 39.1 Å². The number of amides is 2. The molecule has 10 nitrogen and oxygen atoms in total. The van der Waals surface area contributed by atoms with Crippen LogP contribution in [0.2, 0.25) is 5.02 Å². The van der Waals surface area contributed by atoms with E-state index in [0.29, 0.717) is 11.4 Å². The fourth-order valence-electron chi connectivity index (χ4n) is 3.84.